The quantitative estimate of drug-likeness (QED) is 0.682. The van der Waals surface area contributed by atoms with Crippen molar-refractivity contribution in [3.8, 4) is 0 Å². The van der Waals surface area contributed by atoms with Gasteiger partial charge in [0.2, 0.25) is 0 Å². The lowest BCUT2D eigenvalue weighted by atomic mass is 9.97. The van der Waals surface area contributed by atoms with E-state index in [1.807, 2.05) is 45.6 Å². The number of carbonyl (C=O) groups excluding carboxylic acids is 1. The number of nitrogens with one attached hydrogen (secondary N) is 1. The van der Waals surface area contributed by atoms with Crippen LogP contribution in [-0.4, -0.2) is 68.6 Å². The van der Waals surface area contributed by atoms with Gasteiger partial charge < -0.3 is 20.2 Å². The Hall–Kier alpha value is -3.23. The third kappa shape index (κ3) is 4.91. The second-order valence-corrected chi connectivity index (χ2v) is 9.43. The van der Waals surface area contributed by atoms with Crippen molar-refractivity contribution in [1.29, 1.82) is 0 Å². The van der Waals surface area contributed by atoms with Crippen LogP contribution >= 0.6 is 0 Å². The summed E-state index contributed by atoms with van der Waals surface area (Å²) >= 11 is 0. The predicted octanol–water partition coefficient (Wildman–Crippen LogP) is 3.48. The van der Waals surface area contributed by atoms with Gasteiger partial charge in [-0.2, -0.15) is 0 Å². The zero-order chi connectivity index (χ0) is 24.5. The molecule has 2 aromatic heterocycles. The van der Waals surface area contributed by atoms with Gasteiger partial charge in [0.1, 0.15) is 17.3 Å². The average molecular weight is 455 g/mol. The zero-order valence-electron chi connectivity index (χ0n) is 20.6. The molecule has 178 valence electrons. The standard InChI is InChI=1S/C24H34N6O3/c1-8-25-21-20(14(2)3)28-17(12-26-21)22(31)30-10-9-29(13-24(30,6)7)18-11-15(4)19(23(32)33)16(5)27-18/h11-12,14H,8-10,13H2,1-7H3,(H,25,26)(H,32,33). The number of hydrogen-bond donors (Lipinski definition) is 2. The van der Waals surface area contributed by atoms with E-state index in [9.17, 15) is 14.7 Å². The maximum absolute atomic E-state index is 13.4. The van der Waals surface area contributed by atoms with Crippen LogP contribution in [-0.2, 0) is 0 Å². The molecule has 0 aliphatic carbocycles. The summed E-state index contributed by atoms with van der Waals surface area (Å²) in [5.41, 5.74) is 2.06. The summed E-state index contributed by atoms with van der Waals surface area (Å²) in [6, 6.07) is 1.81. The summed E-state index contributed by atoms with van der Waals surface area (Å²) in [4.78, 5) is 42.6. The Bertz CT molecular complexity index is 1040. The van der Waals surface area contributed by atoms with E-state index in [0.717, 1.165) is 23.9 Å². The van der Waals surface area contributed by atoms with Crippen molar-refractivity contribution in [3.05, 3.63) is 40.5 Å². The first-order valence-electron chi connectivity index (χ1n) is 11.4. The molecule has 1 amide bonds. The van der Waals surface area contributed by atoms with Gasteiger partial charge in [-0.1, -0.05) is 13.8 Å². The molecule has 1 saturated heterocycles. The van der Waals surface area contributed by atoms with Crippen molar-refractivity contribution in [2.75, 3.05) is 36.4 Å². The third-order valence-electron chi connectivity index (χ3n) is 5.98. The van der Waals surface area contributed by atoms with Crippen molar-refractivity contribution < 1.29 is 14.7 Å². The van der Waals surface area contributed by atoms with Crippen LogP contribution < -0.4 is 10.2 Å². The van der Waals surface area contributed by atoms with Crippen LogP contribution in [0.15, 0.2) is 12.3 Å². The number of amides is 1. The summed E-state index contributed by atoms with van der Waals surface area (Å²) in [5.74, 6) is 0.470. The van der Waals surface area contributed by atoms with E-state index in [0.29, 0.717) is 36.6 Å². The molecule has 0 bridgehead atoms. The number of aryl methyl sites for hydroxylation is 2. The number of aromatic carboxylic acids is 1. The topological polar surface area (TPSA) is 112 Å². The number of anilines is 2. The van der Waals surface area contributed by atoms with Gasteiger partial charge >= 0.3 is 5.97 Å². The number of nitrogens with zero attached hydrogens (tertiary/aromatic N) is 5. The molecule has 0 radical (unpaired) electrons. The smallest absolute Gasteiger partial charge is 0.337 e. The largest absolute Gasteiger partial charge is 0.478 e. The second kappa shape index (κ2) is 9.33. The fourth-order valence-electron chi connectivity index (χ4n) is 4.37. The maximum Gasteiger partial charge on any atom is 0.337 e. The molecular formula is C24H34N6O3. The molecule has 33 heavy (non-hydrogen) atoms. The summed E-state index contributed by atoms with van der Waals surface area (Å²) in [6.07, 6.45) is 1.55. The molecule has 0 saturated carbocycles. The first-order valence-corrected chi connectivity index (χ1v) is 11.4. The minimum Gasteiger partial charge on any atom is -0.478 e. The number of hydrogen-bond acceptors (Lipinski definition) is 7. The predicted molar refractivity (Wildman–Crippen MR) is 128 cm³/mol. The van der Waals surface area contributed by atoms with Crippen LogP contribution in [0.2, 0.25) is 0 Å². The van der Waals surface area contributed by atoms with Crippen molar-refractivity contribution in [2.45, 2.75) is 59.9 Å². The Balaban J connectivity index is 1.84. The van der Waals surface area contributed by atoms with E-state index in [-0.39, 0.29) is 17.4 Å². The minimum absolute atomic E-state index is 0.135. The fourth-order valence-corrected chi connectivity index (χ4v) is 4.37. The van der Waals surface area contributed by atoms with Crippen LogP contribution in [0.3, 0.4) is 0 Å². The normalized spacial score (nSPS) is 15.6. The number of pyridine rings is 1. The van der Waals surface area contributed by atoms with Gasteiger partial charge in [-0.25, -0.2) is 19.7 Å². The molecule has 9 nitrogen and oxygen atoms in total. The van der Waals surface area contributed by atoms with E-state index in [2.05, 4.69) is 25.2 Å². The number of carbonyl (C=O) groups is 2. The van der Waals surface area contributed by atoms with E-state index < -0.39 is 11.5 Å². The molecule has 3 rings (SSSR count). The van der Waals surface area contributed by atoms with E-state index in [1.165, 1.54) is 0 Å². The van der Waals surface area contributed by atoms with Crippen LogP contribution in [0.1, 0.15) is 78.3 Å². The Morgan fingerprint density at radius 3 is 2.45 bits per heavy atom. The highest BCUT2D eigenvalue weighted by molar-refractivity contribution is 5.93. The van der Waals surface area contributed by atoms with Crippen LogP contribution in [0.25, 0.3) is 0 Å². The summed E-state index contributed by atoms with van der Waals surface area (Å²) < 4.78 is 0. The lowest BCUT2D eigenvalue weighted by Gasteiger charge is -2.47. The van der Waals surface area contributed by atoms with Crippen molar-refractivity contribution in [2.24, 2.45) is 0 Å². The Morgan fingerprint density at radius 1 is 1.21 bits per heavy atom. The molecule has 1 aliphatic rings. The molecule has 0 unspecified atom stereocenters. The highest BCUT2D eigenvalue weighted by Gasteiger charge is 2.38. The second-order valence-electron chi connectivity index (χ2n) is 9.43. The first-order chi connectivity index (χ1) is 15.5. The van der Waals surface area contributed by atoms with E-state index in [1.54, 1.807) is 20.0 Å². The molecule has 0 spiro atoms. The van der Waals surface area contributed by atoms with Crippen LogP contribution in [0, 0.1) is 13.8 Å². The van der Waals surface area contributed by atoms with Crippen LogP contribution in [0.5, 0.6) is 0 Å². The lowest BCUT2D eigenvalue weighted by molar-refractivity contribution is 0.0506. The third-order valence-corrected chi connectivity index (χ3v) is 5.98. The number of aromatic nitrogens is 3. The molecule has 0 atom stereocenters. The molecule has 1 aliphatic heterocycles. The summed E-state index contributed by atoms with van der Waals surface area (Å²) in [5, 5.41) is 12.6. The monoisotopic (exact) mass is 454 g/mol. The summed E-state index contributed by atoms with van der Waals surface area (Å²) in [7, 11) is 0. The van der Waals surface area contributed by atoms with Gasteiger partial charge in [-0.05, 0) is 52.2 Å². The highest BCUT2D eigenvalue weighted by atomic mass is 16.4. The molecule has 9 heteroatoms. The Kier molecular flexibility index (Phi) is 6.90. The van der Waals surface area contributed by atoms with Gasteiger partial charge in [0.05, 0.1) is 28.7 Å². The lowest BCUT2D eigenvalue weighted by Crippen LogP contribution is -2.61. The molecule has 3 heterocycles. The molecule has 2 aromatic rings. The van der Waals surface area contributed by atoms with Crippen molar-refractivity contribution in [1.82, 2.24) is 19.9 Å². The molecule has 2 N–H and O–H groups in total. The van der Waals surface area contributed by atoms with E-state index in [4.69, 9.17) is 0 Å². The Morgan fingerprint density at radius 2 is 1.91 bits per heavy atom. The van der Waals surface area contributed by atoms with Gasteiger partial charge in [0.25, 0.3) is 5.91 Å². The fraction of sp³-hybridized carbons (Fsp3) is 0.542. The van der Waals surface area contributed by atoms with Gasteiger partial charge in [0.15, 0.2) is 0 Å². The average Bonchev–Trinajstić information content (AvgIpc) is 2.72. The van der Waals surface area contributed by atoms with E-state index >= 15 is 0 Å². The SMILES string of the molecule is CCNc1ncc(C(=O)N2CCN(c3cc(C)c(C(=O)O)c(C)n3)CC2(C)C)nc1C(C)C. The number of carboxylic acids is 1. The highest BCUT2D eigenvalue weighted by Crippen LogP contribution is 2.28. The van der Waals surface area contributed by atoms with Crippen LogP contribution in [0.4, 0.5) is 11.6 Å². The van der Waals surface area contributed by atoms with Gasteiger partial charge in [0, 0.05) is 26.2 Å². The van der Waals surface area contributed by atoms with Crippen molar-refractivity contribution in [3.63, 3.8) is 0 Å². The van der Waals surface area contributed by atoms with Crippen molar-refractivity contribution >= 4 is 23.5 Å². The van der Waals surface area contributed by atoms with Gasteiger partial charge in [-0.3, -0.25) is 4.79 Å². The zero-order valence-corrected chi connectivity index (χ0v) is 20.6. The minimum atomic E-state index is -0.971. The summed E-state index contributed by atoms with van der Waals surface area (Å²) in [6.45, 7) is 16.0. The first kappa shape index (κ1) is 24.4. The Labute approximate surface area is 195 Å². The molecular weight excluding hydrogens is 420 g/mol. The molecule has 1 fully saturated rings. The maximum atomic E-state index is 13.4. The molecule has 0 aromatic carbocycles. The van der Waals surface area contributed by atoms with Gasteiger partial charge in [-0.15, -0.1) is 0 Å². The number of rotatable bonds is 6. The number of piperazine rings is 1. The number of carboxylic acid groups (broad SMARTS) is 1.